The molecule has 1 fully saturated rings. The second kappa shape index (κ2) is 7.17. The molecule has 0 N–H and O–H groups in total. The Morgan fingerprint density at radius 2 is 1.96 bits per heavy atom. The number of rotatable bonds is 4. The Balaban J connectivity index is 1.91. The van der Waals surface area contributed by atoms with Crippen molar-refractivity contribution in [1.29, 1.82) is 0 Å². The lowest BCUT2D eigenvalue weighted by atomic mass is 10.1. The van der Waals surface area contributed by atoms with Gasteiger partial charge in [0.1, 0.15) is 0 Å². The quantitative estimate of drug-likeness (QED) is 0.794. The number of carbonyl (C=O) groups excluding carboxylic acids is 1. The van der Waals surface area contributed by atoms with Crippen molar-refractivity contribution in [3.8, 4) is 0 Å². The Morgan fingerprint density at radius 1 is 1.30 bits per heavy atom. The van der Waals surface area contributed by atoms with Gasteiger partial charge < -0.3 is 9.80 Å². The first-order valence-corrected chi connectivity index (χ1v) is 7.54. The molecule has 1 aromatic carbocycles. The van der Waals surface area contributed by atoms with Crippen LogP contribution >= 0.6 is 0 Å². The van der Waals surface area contributed by atoms with Crippen molar-refractivity contribution >= 4 is 12.0 Å². The Hall–Kier alpha value is -1.82. The molecule has 1 aromatic rings. The first-order chi connectivity index (χ1) is 10.8. The molecular formula is C17H21F3N2O. The molecule has 0 saturated carbocycles. The van der Waals surface area contributed by atoms with Gasteiger partial charge in [0.15, 0.2) is 0 Å². The van der Waals surface area contributed by atoms with Crippen LogP contribution in [0.15, 0.2) is 30.3 Å². The lowest BCUT2D eigenvalue weighted by molar-refractivity contribution is -0.137. The van der Waals surface area contributed by atoms with E-state index in [-0.39, 0.29) is 5.91 Å². The van der Waals surface area contributed by atoms with E-state index < -0.39 is 11.7 Å². The average molecular weight is 326 g/mol. The fourth-order valence-corrected chi connectivity index (χ4v) is 2.75. The third kappa shape index (κ3) is 5.10. The maximum absolute atomic E-state index is 12.5. The van der Waals surface area contributed by atoms with Crippen LogP contribution in [-0.2, 0) is 11.0 Å². The van der Waals surface area contributed by atoms with E-state index in [1.54, 1.807) is 11.0 Å². The molecule has 0 aliphatic carbocycles. The minimum atomic E-state index is -4.34. The molecule has 0 aromatic heterocycles. The minimum Gasteiger partial charge on any atom is -0.339 e. The predicted molar refractivity (Wildman–Crippen MR) is 83.7 cm³/mol. The van der Waals surface area contributed by atoms with Gasteiger partial charge in [-0.05, 0) is 50.2 Å². The number of nitrogens with zero attached hydrogens (tertiary/aromatic N) is 2. The molecule has 1 amide bonds. The topological polar surface area (TPSA) is 23.6 Å². The first kappa shape index (κ1) is 17.5. The largest absolute Gasteiger partial charge is 0.416 e. The highest BCUT2D eigenvalue weighted by Gasteiger charge is 2.30. The van der Waals surface area contributed by atoms with E-state index >= 15 is 0 Å². The van der Waals surface area contributed by atoms with E-state index in [2.05, 4.69) is 4.90 Å². The van der Waals surface area contributed by atoms with Crippen LogP contribution in [0.3, 0.4) is 0 Å². The van der Waals surface area contributed by atoms with Crippen LogP contribution < -0.4 is 0 Å². The van der Waals surface area contributed by atoms with Crippen LogP contribution in [0, 0.1) is 5.92 Å². The third-order valence-electron chi connectivity index (χ3n) is 3.88. The van der Waals surface area contributed by atoms with Crippen molar-refractivity contribution in [3.63, 3.8) is 0 Å². The van der Waals surface area contributed by atoms with Gasteiger partial charge in [-0.15, -0.1) is 0 Å². The lowest BCUT2D eigenvalue weighted by Crippen LogP contribution is -2.29. The van der Waals surface area contributed by atoms with Crippen LogP contribution in [0.5, 0.6) is 0 Å². The summed E-state index contributed by atoms with van der Waals surface area (Å²) in [4.78, 5) is 16.0. The van der Waals surface area contributed by atoms with E-state index in [9.17, 15) is 18.0 Å². The van der Waals surface area contributed by atoms with Gasteiger partial charge in [-0.25, -0.2) is 0 Å². The summed E-state index contributed by atoms with van der Waals surface area (Å²) in [6.07, 6.45) is -0.366. The van der Waals surface area contributed by atoms with Gasteiger partial charge in [0.25, 0.3) is 0 Å². The molecular weight excluding hydrogens is 305 g/mol. The number of halogens is 3. The fourth-order valence-electron chi connectivity index (χ4n) is 2.75. The Labute approximate surface area is 134 Å². The van der Waals surface area contributed by atoms with E-state index in [4.69, 9.17) is 0 Å². The highest BCUT2D eigenvalue weighted by atomic mass is 19.4. The van der Waals surface area contributed by atoms with Gasteiger partial charge in [-0.2, -0.15) is 13.2 Å². The molecule has 2 rings (SSSR count). The summed E-state index contributed by atoms with van der Waals surface area (Å²) < 4.78 is 37.4. The SMILES string of the molecule is CN(C)C[C@@H]1CCN(C(=O)/C=C/c2ccc(C(F)(F)F)cc2)C1. The molecule has 1 atom stereocenters. The van der Waals surface area contributed by atoms with Crippen LogP contribution in [0.2, 0.25) is 0 Å². The van der Waals surface area contributed by atoms with E-state index in [1.807, 2.05) is 14.1 Å². The minimum absolute atomic E-state index is 0.0915. The highest BCUT2D eigenvalue weighted by molar-refractivity contribution is 5.91. The maximum Gasteiger partial charge on any atom is 0.416 e. The molecule has 1 heterocycles. The van der Waals surface area contributed by atoms with Gasteiger partial charge in [-0.3, -0.25) is 4.79 Å². The van der Waals surface area contributed by atoms with Crippen molar-refractivity contribution in [1.82, 2.24) is 9.80 Å². The molecule has 1 aliphatic rings. The van der Waals surface area contributed by atoms with Crippen molar-refractivity contribution in [2.75, 3.05) is 33.7 Å². The summed E-state index contributed by atoms with van der Waals surface area (Å²) in [7, 11) is 4.02. The van der Waals surface area contributed by atoms with Gasteiger partial charge in [0, 0.05) is 25.7 Å². The number of amides is 1. The summed E-state index contributed by atoms with van der Waals surface area (Å²) in [6.45, 7) is 2.41. The maximum atomic E-state index is 12.5. The third-order valence-corrected chi connectivity index (χ3v) is 3.88. The van der Waals surface area contributed by atoms with Crippen LogP contribution in [-0.4, -0.2) is 49.4 Å². The Bertz CT molecular complexity index is 564. The lowest BCUT2D eigenvalue weighted by Gasteiger charge is -2.17. The van der Waals surface area contributed by atoms with Gasteiger partial charge in [0.05, 0.1) is 5.56 Å². The molecule has 1 saturated heterocycles. The number of alkyl halides is 3. The Kier molecular flexibility index (Phi) is 5.46. The molecule has 0 unspecified atom stereocenters. The number of carbonyl (C=O) groups is 1. The van der Waals surface area contributed by atoms with Crippen molar-refractivity contribution < 1.29 is 18.0 Å². The van der Waals surface area contributed by atoms with E-state index in [0.717, 1.165) is 38.2 Å². The molecule has 126 valence electrons. The van der Waals surface area contributed by atoms with Crippen LogP contribution in [0.1, 0.15) is 17.5 Å². The predicted octanol–water partition coefficient (Wildman–Crippen LogP) is 3.13. The zero-order valence-electron chi connectivity index (χ0n) is 13.3. The number of hydrogen-bond acceptors (Lipinski definition) is 2. The molecule has 1 aliphatic heterocycles. The van der Waals surface area contributed by atoms with Crippen molar-refractivity contribution in [3.05, 3.63) is 41.5 Å². The zero-order chi connectivity index (χ0) is 17.0. The van der Waals surface area contributed by atoms with Gasteiger partial charge >= 0.3 is 6.18 Å². The van der Waals surface area contributed by atoms with Gasteiger partial charge in [-0.1, -0.05) is 12.1 Å². The molecule has 0 radical (unpaired) electrons. The van der Waals surface area contributed by atoms with E-state index in [1.165, 1.54) is 18.2 Å². The number of benzene rings is 1. The van der Waals surface area contributed by atoms with Gasteiger partial charge in [0.2, 0.25) is 5.91 Å². The standard InChI is InChI=1S/C17H21F3N2O/c1-21(2)11-14-9-10-22(12-14)16(23)8-5-13-3-6-15(7-4-13)17(18,19)20/h3-8,14H,9-12H2,1-2H3/b8-5+/t14-/m0/s1. The first-order valence-electron chi connectivity index (χ1n) is 7.54. The highest BCUT2D eigenvalue weighted by Crippen LogP contribution is 2.29. The van der Waals surface area contributed by atoms with E-state index in [0.29, 0.717) is 11.5 Å². The normalized spacial score (nSPS) is 19.0. The summed E-state index contributed by atoms with van der Waals surface area (Å²) in [5.74, 6) is 0.388. The van der Waals surface area contributed by atoms with Crippen molar-refractivity contribution in [2.24, 2.45) is 5.92 Å². The van der Waals surface area contributed by atoms with Crippen LogP contribution in [0.4, 0.5) is 13.2 Å². The number of hydrogen-bond donors (Lipinski definition) is 0. The smallest absolute Gasteiger partial charge is 0.339 e. The fraction of sp³-hybridized carbons (Fsp3) is 0.471. The summed E-state index contributed by atoms with van der Waals surface area (Å²) in [5, 5.41) is 0. The summed E-state index contributed by atoms with van der Waals surface area (Å²) in [5.41, 5.74) is -0.109. The summed E-state index contributed by atoms with van der Waals surface area (Å²) >= 11 is 0. The zero-order valence-corrected chi connectivity index (χ0v) is 13.3. The Morgan fingerprint density at radius 3 is 2.52 bits per heavy atom. The second-order valence-electron chi connectivity index (χ2n) is 6.15. The summed E-state index contributed by atoms with van der Waals surface area (Å²) in [6, 6.07) is 4.77. The van der Waals surface area contributed by atoms with Crippen LogP contribution in [0.25, 0.3) is 6.08 Å². The molecule has 0 bridgehead atoms. The molecule has 3 nitrogen and oxygen atoms in total. The molecule has 23 heavy (non-hydrogen) atoms. The average Bonchev–Trinajstić information content (AvgIpc) is 2.92. The molecule has 6 heteroatoms. The second-order valence-corrected chi connectivity index (χ2v) is 6.15. The number of likely N-dealkylation sites (tertiary alicyclic amines) is 1. The molecule has 0 spiro atoms. The van der Waals surface area contributed by atoms with Crippen molar-refractivity contribution in [2.45, 2.75) is 12.6 Å². The monoisotopic (exact) mass is 326 g/mol.